The molecule has 1 aliphatic carbocycles. The number of carbonyl (C=O) groups is 2. The van der Waals surface area contributed by atoms with Gasteiger partial charge in [-0.3, -0.25) is 0 Å². The van der Waals surface area contributed by atoms with Crippen LogP contribution in [0.4, 0.5) is 0 Å². The van der Waals surface area contributed by atoms with E-state index in [-0.39, 0.29) is 12.8 Å². The Morgan fingerprint density at radius 1 is 0.947 bits per heavy atom. The molecule has 0 N–H and O–H groups in total. The van der Waals surface area contributed by atoms with Gasteiger partial charge in [-0.15, -0.1) is 0 Å². The van der Waals surface area contributed by atoms with Crippen molar-refractivity contribution in [1.29, 1.82) is 0 Å². The van der Waals surface area contributed by atoms with Crippen LogP contribution in [0.15, 0.2) is 0 Å². The molecule has 0 atom stereocenters. The standard InChI is InChI=1S/C6H11.2C4H8O2.Al/c1-2-4-6-5-3-1;2*1-2-3-4(5)6;/h1H,2-6H2;2*2-3H2,1H3,(H,5,6);/q;;;+2/p-2. The van der Waals surface area contributed by atoms with Crippen molar-refractivity contribution < 1.29 is 19.8 Å². The molecule has 1 rings (SSSR count). The minimum absolute atomic E-state index is 0.181. The van der Waals surface area contributed by atoms with Crippen LogP contribution in [0.5, 0.6) is 0 Å². The Morgan fingerprint density at radius 3 is 1.42 bits per heavy atom. The summed E-state index contributed by atoms with van der Waals surface area (Å²) >= 11 is 2.91. The maximum atomic E-state index is 9.49. The molecule has 0 saturated heterocycles. The zero-order valence-electron chi connectivity index (χ0n) is 12.2. The summed E-state index contributed by atoms with van der Waals surface area (Å²) in [5.74, 6) is -1.92. The van der Waals surface area contributed by atoms with Gasteiger partial charge in [-0.1, -0.05) is 26.7 Å². The number of carboxylic acids is 2. The fraction of sp³-hybridized carbons (Fsp3) is 0.857. The third-order valence-corrected chi connectivity index (χ3v) is 3.22. The summed E-state index contributed by atoms with van der Waals surface area (Å²) in [5.41, 5.74) is 0. The van der Waals surface area contributed by atoms with E-state index in [1.807, 2.05) is 0 Å². The summed E-state index contributed by atoms with van der Waals surface area (Å²) in [6.07, 6.45) is 9.01. The van der Waals surface area contributed by atoms with E-state index in [9.17, 15) is 19.8 Å². The van der Waals surface area contributed by atoms with Crippen molar-refractivity contribution in [2.75, 3.05) is 0 Å². The molecular weight excluding hydrogens is 259 g/mol. The van der Waals surface area contributed by atoms with Gasteiger partial charge >= 0.3 is 53.2 Å². The van der Waals surface area contributed by atoms with Crippen LogP contribution in [0, 0.1) is 0 Å². The van der Waals surface area contributed by atoms with E-state index in [2.05, 4.69) is 16.3 Å². The van der Waals surface area contributed by atoms with E-state index in [4.69, 9.17) is 0 Å². The normalized spacial score (nSPS) is 14.5. The molecule has 0 unspecified atom stereocenters. The molecule has 0 spiro atoms. The Kier molecular flexibility index (Phi) is 17.0. The number of carbonyl (C=O) groups excluding carboxylic acids is 2. The fourth-order valence-electron chi connectivity index (χ4n) is 1.54. The van der Waals surface area contributed by atoms with Crippen molar-refractivity contribution in [2.45, 2.75) is 76.4 Å². The second-order valence-electron chi connectivity index (χ2n) is 4.64. The van der Waals surface area contributed by atoms with Gasteiger partial charge in [-0.05, 0) is 12.8 Å². The van der Waals surface area contributed by atoms with Crippen molar-refractivity contribution >= 4 is 28.2 Å². The number of hydrogen-bond acceptors (Lipinski definition) is 4. The van der Waals surface area contributed by atoms with Crippen LogP contribution in [0.3, 0.4) is 0 Å². The Balaban J connectivity index is 0. The van der Waals surface area contributed by atoms with E-state index in [1.165, 1.54) is 32.1 Å². The molecular formula is C14H25AlO4. The average molecular weight is 284 g/mol. The van der Waals surface area contributed by atoms with Gasteiger partial charge in [0.15, 0.2) is 0 Å². The van der Waals surface area contributed by atoms with Gasteiger partial charge in [0.25, 0.3) is 0 Å². The first-order chi connectivity index (χ1) is 8.93. The third kappa shape index (κ3) is 23.0. The summed E-state index contributed by atoms with van der Waals surface area (Å²) in [6.45, 7) is 3.60. The second kappa shape index (κ2) is 15.5. The van der Waals surface area contributed by atoms with E-state index < -0.39 is 11.9 Å². The number of hydrogen-bond donors (Lipinski definition) is 0. The zero-order valence-corrected chi connectivity index (χ0v) is 13.3. The van der Waals surface area contributed by atoms with E-state index in [1.54, 1.807) is 13.8 Å². The molecule has 1 saturated carbocycles. The molecule has 0 aromatic carbocycles. The van der Waals surface area contributed by atoms with Crippen molar-refractivity contribution in [1.82, 2.24) is 0 Å². The number of aliphatic carboxylic acids is 2. The monoisotopic (exact) mass is 284 g/mol. The molecule has 19 heavy (non-hydrogen) atoms. The van der Waals surface area contributed by atoms with Crippen LogP contribution in [0.1, 0.15) is 71.6 Å². The summed E-state index contributed by atoms with van der Waals surface area (Å²) in [7, 11) is 0. The topological polar surface area (TPSA) is 80.3 Å². The Bertz CT molecular complexity index is 209. The first-order valence-corrected chi connectivity index (χ1v) is 7.75. The van der Waals surface area contributed by atoms with Gasteiger partial charge in [-0.25, -0.2) is 0 Å². The first-order valence-electron chi connectivity index (χ1n) is 7.09. The predicted molar refractivity (Wildman–Crippen MR) is 72.4 cm³/mol. The Morgan fingerprint density at radius 2 is 1.32 bits per heavy atom. The molecule has 1 fully saturated rings. The molecule has 4 nitrogen and oxygen atoms in total. The zero-order chi connectivity index (χ0) is 15.1. The van der Waals surface area contributed by atoms with Gasteiger partial charge in [0.05, 0.1) is 0 Å². The molecule has 0 bridgehead atoms. The molecule has 0 radical (unpaired) electrons. The van der Waals surface area contributed by atoms with E-state index in [0.717, 1.165) is 4.78 Å². The molecule has 1 aliphatic rings. The van der Waals surface area contributed by atoms with Crippen LogP contribution in [0.2, 0.25) is 4.78 Å². The summed E-state index contributed by atoms with van der Waals surface area (Å²) < 4.78 is 0.953. The third-order valence-electron chi connectivity index (χ3n) is 2.56. The fourth-order valence-corrected chi connectivity index (χ4v) is 2.01. The maximum absolute atomic E-state index is 9.49. The van der Waals surface area contributed by atoms with Gasteiger partial charge in [0.1, 0.15) is 0 Å². The Labute approximate surface area is 125 Å². The van der Waals surface area contributed by atoms with Crippen LogP contribution < -0.4 is 10.2 Å². The van der Waals surface area contributed by atoms with Gasteiger partial charge in [-0.2, -0.15) is 0 Å². The van der Waals surface area contributed by atoms with E-state index in [0.29, 0.717) is 12.8 Å². The molecule has 0 amide bonds. The predicted octanol–water partition coefficient (Wildman–Crippen LogP) is 0.980. The Hall–Kier alpha value is -0.528. The van der Waals surface area contributed by atoms with Crippen LogP contribution in [0.25, 0.3) is 0 Å². The minimum atomic E-state index is -0.961. The molecule has 5 heteroatoms. The van der Waals surface area contributed by atoms with Crippen LogP contribution in [-0.2, 0) is 9.59 Å². The summed E-state index contributed by atoms with van der Waals surface area (Å²) in [4.78, 5) is 19.0. The van der Waals surface area contributed by atoms with Crippen molar-refractivity contribution in [3.63, 3.8) is 0 Å². The van der Waals surface area contributed by atoms with Gasteiger partial charge < -0.3 is 19.8 Å². The van der Waals surface area contributed by atoms with E-state index >= 15 is 0 Å². The molecule has 0 aromatic heterocycles. The SMILES string of the molecule is CCCC(=O)[O-].CCCC(=O)[O-].[Al+2][CH]1CCCCC1. The first kappa shape index (κ1) is 20.8. The molecule has 0 aliphatic heterocycles. The van der Waals surface area contributed by atoms with Gasteiger partial charge in [0, 0.05) is 11.9 Å². The number of rotatable bonds is 4. The van der Waals surface area contributed by atoms with Crippen LogP contribution in [-0.4, -0.2) is 28.2 Å². The van der Waals surface area contributed by atoms with Crippen molar-refractivity contribution in [3.8, 4) is 0 Å². The second-order valence-corrected chi connectivity index (χ2v) is 5.58. The molecule has 0 aromatic rings. The van der Waals surface area contributed by atoms with Gasteiger partial charge in [0.2, 0.25) is 0 Å². The molecule has 108 valence electrons. The summed E-state index contributed by atoms with van der Waals surface area (Å²) in [5, 5.41) is 19.0. The number of carboxylic acid groups (broad SMARTS) is 2. The van der Waals surface area contributed by atoms with Crippen LogP contribution >= 0.6 is 0 Å². The van der Waals surface area contributed by atoms with Crippen molar-refractivity contribution in [2.24, 2.45) is 0 Å². The summed E-state index contributed by atoms with van der Waals surface area (Å²) in [6, 6.07) is 0. The average Bonchev–Trinajstić information content (AvgIpc) is 2.31. The quantitative estimate of drug-likeness (QED) is 0.721. The van der Waals surface area contributed by atoms with Crippen molar-refractivity contribution in [3.05, 3.63) is 0 Å². The molecule has 0 heterocycles.